The number of aliphatic hydroxyl groups excluding tert-OH is 1. The second-order valence-corrected chi connectivity index (χ2v) is 6.23. The molecule has 1 aromatic rings. The van der Waals surface area contributed by atoms with Gasteiger partial charge in [-0.25, -0.2) is 0 Å². The predicted octanol–water partition coefficient (Wildman–Crippen LogP) is 2.24. The van der Waals surface area contributed by atoms with Crippen LogP contribution in [-0.2, 0) is 4.79 Å². The quantitative estimate of drug-likeness (QED) is 0.809. The number of carbonyl (C=O) groups is 1. The van der Waals surface area contributed by atoms with Gasteiger partial charge in [0.15, 0.2) is 5.60 Å². The van der Waals surface area contributed by atoms with Crippen molar-refractivity contribution in [1.29, 1.82) is 5.26 Å². The van der Waals surface area contributed by atoms with Crippen LogP contribution in [0.4, 0.5) is 0 Å². The van der Waals surface area contributed by atoms with Crippen LogP contribution in [0.25, 0.3) is 0 Å². The van der Waals surface area contributed by atoms with Gasteiger partial charge >= 0.3 is 0 Å². The van der Waals surface area contributed by atoms with Crippen LogP contribution in [0, 0.1) is 17.2 Å². The number of carbonyl (C=O) groups excluding carboxylic acids is 1. The lowest BCUT2D eigenvalue weighted by molar-refractivity contribution is -0.135. The maximum atomic E-state index is 12.3. The van der Waals surface area contributed by atoms with E-state index in [9.17, 15) is 9.90 Å². The Kier molecular flexibility index (Phi) is 6.39. The minimum Gasteiger partial charge on any atom is -0.478 e. The molecule has 5 heteroatoms. The summed E-state index contributed by atoms with van der Waals surface area (Å²) in [5.41, 5.74) is -0.537. The number of ether oxygens (including phenoxy) is 1. The highest BCUT2D eigenvalue weighted by atomic mass is 16.5. The van der Waals surface area contributed by atoms with Crippen molar-refractivity contribution >= 4 is 5.91 Å². The summed E-state index contributed by atoms with van der Waals surface area (Å²) in [6.45, 7) is 7.31. The Bertz CT molecular complexity index is 530. The summed E-state index contributed by atoms with van der Waals surface area (Å²) in [6.07, 6.45) is 0.704. The van der Waals surface area contributed by atoms with E-state index >= 15 is 0 Å². The third kappa shape index (κ3) is 5.38. The highest BCUT2D eigenvalue weighted by Crippen LogP contribution is 2.19. The molecule has 0 aromatic heterocycles. The summed E-state index contributed by atoms with van der Waals surface area (Å²) in [5, 5.41) is 20.9. The molecule has 0 saturated carbocycles. The topological polar surface area (TPSA) is 82.3 Å². The van der Waals surface area contributed by atoms with Crippen molar-refractivity contribution in [3.8, 4) is 11.8 Å². The zero-order chi connectivity index (χ0) is 16.8. The summed E-state index contributed by atoms with van der Waals surface area (Å²) >= 11 is 0. The van der Waals surface area contributed by atoms with Gasteiger partial charge in [-0.1, -0.05) is 13.8 Å². The molecule has 0 radical (unpaired) electrons. The van der Waals surface area contributed by atoms with Crippen LogP contribution in [0.2, 0.25) is 0 Å². The average molecular weight is 304 g/mol. The zero-order valence-electron chi connectivity index (χ0n) is 13.6. The van der Waals surface area contributed by atoms with Crippen molar-refractivity contribution in [3.05, 3.63) is 29.8 Å². The van der Waals surface area contributed by atoms with Crippen molar-refractivity contribution in [2.75, 3.05) is 6.61 Å². The second kappa shape index (κ2) is 7.81. The van der Waals surface area contributed by atoms with Gasteiger partial charge in [0.05, 0.1) is 24.3 Å². The second-order valence-electron chi connectivity index (χ2n) is 6.23. The molecule has 0 aliphatic carbocycles. The Morgan fingerprint density at radius 3 is 2.41 bits per heavy atom. The summed E-state index contributed by atoms with van der Waals surface area (Å²) in [7, 11) is 0. The number of rotatable bonds is 7. The normalized spacial score (nSPS) is 12.6. The molecular weight excluding hydrogens is 280 g/mol. The van der Waals surface area contributed by atoms with Crippen LogP contribution in [-0.4, -0.2) is 29.3 Å². The molecule has 2 N–H and O–H groups in total. The molecule has 1 rings (SSSR count). The van der Waals surface area contributed by atoms with Crippen molar-refractivity contribution in [2.45, 2.75) is 45.8 Å². The van der Waals surface area contributed by atoms with Gasteiger partial charge in [-0.2, -0.15) is 5.26 Å². The molecule has 0 spiro atoms. The van der Waals surface area contributed by atoms with Crippen LogP contribution in [0.3, 0.4) is 0 Å². The maximum absolute atomic E-state index is 12.3. The summed E-state index contributed by atoms with van der Waals surface area (Å²) < 4.78 is 5.71. The number of benzene rings is 1. The largest absolute Gasteiger partial charge is 0.478 e. The molecule has 5 nitrogen and oxygen atoms in total. The number of nitrogens with one attached hydrogen (secondary N) is 1. The molecule has 120 valence electrons. The molecule has 1 aromatic carbocycles. The van der Waals surface area contributed by atoms with E-state index in [2.05, 4.69) is 5.32 Å². The van der Waals surface area contributed by atoms with E-state index in [0.29, 0.717) is 23.7 Å². The number of aliphatic hydroxyl groups is 1. The van der Waals surface area contributed by atoms with E-state index in [1.807, 2.05) is 19.9 Å². The van der Waals surface area contributed by atoms with Crippen LogP contribution < -0.4 is 10.1 Å². The standard InChI is InChI=1S/C17H24N2O3/c1-12(2)9-14(11-20)19-16(21)17(3,4)22-15-7-5-13(10-18)6-8-15/h5-8,12,14,20H,9,11H2,1-4H3,(H,19,21). The molecule has 22 heavy (non-hydrogen) atoms. The monoisotopic (exact) mass is 304 g/mol. The molecule has 0 heterocycles. The SMILES string of the molecule is CC(C)CC(CO)NC(=O)C(C)(C)Oc1ccc(C#N)cc1. The van der Waals surface area contributed by atoms with E-state index in [4.69, 9.17) is 10.00 Å². The number of nitriles is 1. The first kappa shape index (κ1) is 18.0. The van der Waals surface area contributed by atoms with Crippen LogP contribution in [0.1, 0.15) is 39.7 Å². The summed E-state index contributed by atoms with van der Waals surface area (Å²) in [4.78, 5) is 12.3. The minimum absolute atomic E-state index is 0.100. The average Bonchev–Trinajstić information content (AvgIpc) is 2.46. The van der Waals surface area contributed by atoms with Gasteiger partial charge in [-0.3, -0.25) is 4.79 Å². The Morgan fingerprint density at radius 1 is 1.36 bits per heavy atom. The first-order valence-corrected chi connectivity index (χ1v) is 7.39. The van der Waals surface area contributed by atoms with Crippen molar-refractivity contribution in [2.24, 2.45) is 5.92 Å². The predicted molar refractivity (Wildman–Crippen MR) is 84.3 cm³/mol. The number of nitrogens with zero attached hydrogens (tertiary/aromatic N) is 1. The first-order chi connectivity index (χ1) is 10.3. The molecular formula is C17H24N2O3. The van der Waals surface area contributed by atoms with E-state index < -0.39 is 5.60 Å². The molecule has 0 fully saturated rings. The number of hydrogen-bond donors (Lipinski definition) is 2. The van der Waals surface area contributed by atoms with Gasteiger partial charge in [0.1, 0.15) is 5.75 Å². The Morgan fingerprint density at radius 2 is 1.95 bits per heavy atom. The molecule has 0 aliphatic heterocycles. The van der Waals surface area contributed by atoms with Crippen molar-refractivity contribution in [3.63, 3.8) is 0 Å². The highest BCUT2D eigenvalue weighted by Gasteiger charge is 2.31. The fraction of sp³-hybridized carbons (Fsp3) is 0.529. The van der Waals surface area contributed by atoms with E-state index in [-0.39, 0.29) is 18.6 Å². The van der Waals surface area contributed by atoms with Crippen LogP contribution in [0.5, 0.6) is 5.75 Å². The third-order valence-electron chi connectivity index (χ3n) is 3.21. The Balaban J connectivity index is 2.70. The molecule has 1 unspecified atom stereocenters. The van der Waals surface area contributed by atoms with Gasteiger partial charge in [0.25, 0.3) is 5.91 Å². The lowest BCUT2D eigenvalue weighted by Crippen LogP contribution is -2.51. The number of hydrogen-bond acceptors (Lipinski definition) is 4. The third-order valence-corrected chi connectivity index (χ3v) is 3.21. The molecule has 0 bridgehead atoms. The molecule has 0 aliphatic rings. The zero-order valence-corrected chi connectivity index (χ0v) is 13.6. The van der Waals surface area contributed by atoms with Crippen molar-refractivity contribution < 1.29 is 14.6 Å². The fourth-order valence-electron chi connectivity index (χ4n) is 2.05. The fourth-order valence-corrected chi connectivity index (χ4v) is 2.05. The smallest absolute Gasteiger partial charge is 0.263 e. The summed E-state index contributed by atoms with van der Waals surface area (Å²) in [5.74, 6) is 0.611. The Labute approximate surface area is 131 Å². The van der Waals surface area contributed by atoms with Gasteiger partial charge in [-0.15, -0.1) is 0 Å². The lowest BCUT2D eigenvalue weighted by Gasteiger charge is -2.28. The van der Waals surface area contributed by atoms with E-state index in [1.54, 1.807) is 38.1 Å². The van der Waals surface area contributed by atoms with Crippen molar-refractivity contribution in [1.82, 2.24) is 5.32 Å². The molecule has 1 amide bonds. The Hall–Kier alpha value is -2.06. The lowest BCUT2D eigenvalue weighted by atomic mass is 10.0. The number of amides is 1. The van der Waals surface area contributed by atoms with Crippen LogP contribution >= 0.6 is 0 Å². The van der Waals surface area contributed by atoms with Crippen LogP contribution in [0.15, 0.2) is 24.3 Å². The van der Waals surface area contributed by atoms with Gasteiger partial charge in [0.2, 0.25) is 0 Å². The van der Waals surface area contributed by atoms with E-state index in [1.165, 1.54) is 0 Å². The van der Waals surface area contributed by atoms with Gasteiger partial charge < -0.3 is 15.2 Å². The van der Waals surface area contributed by atoms with Gasteiger partial charge in [-0.05, 0) is 50.5 Å². The molecule has 1 atom stereocenters. The van der Waals surface area contributed by atoms with E-state index in [0.717, 1.165) is 0 Å². The van der Waals surface area contributed by atoms with Gasteiger partial charge in [0, 0.05) is 0 Å². The first-order valence-electron chi connectivity index (χ1n) is 7.39. The highest BCUT2D eigenvalue weighted by molar-refractivity contribution is 5.85. The summed E-state index contributed by atoms with van der Waals surface area (Å²) in [6, 6.07) is 8.34. The minimum atomic E-state index is -1.07. The maximum Gasteiger partial charge on any atom is 0.263 e. The molecule has 0 saturated heterocycles.